The second-order valence-corrected chi connectivity index (χ2v) is 8.63. The summed E-state index contributed by atoms with van der Waals surface area (Å²) in [5.41, 5.74) is 0.860. The lowest BCUT2D eigenvalue weighted by atomic mass is 10.1. The number of halogens is 1. The Bertz CT molecular complexity index is 472. The Balaban J connectivity index is 1.84. The van der Waals surface area contributed by atoms with E-state index in [2.05, 4.69) is 4.72 Å². The highest BCUT2D eigenvalue weighted by molar-refractivity contribution is 7.90. The van der Waals surface area contributed by atoms with Gasteiger partial charge in [0.1, 0.15) is 16.3 Å². The Morgan fingerprint density at radius 2 is 2.05 bits per heavy atom. The molecule has 0 aliphatic heterocycles. The van der Waals surface area contributed by atoms with E-state index in [9.17, 15) is 8.94 Å². The summed E-state index contributed by atoms with van der Waals surface area (Å²) in [6, 6.07) is 4.80. The first-order valence-corrected chi connectivity index (χ1v) is 8.57. The summed E-state index contributed by atoms with van der Waals surface area (Å²) in [6.45, 7) is 6.98. The van der Waals surface area contributed by atoms with Crippen LogP contribution in [-0.4, -0.2) is 22.5 Å². The van der Waals surface area contributed by atoms with Crippen molar-refractivity contribution in [3.8, 4) is 5.75 Å². The third-order valence-electron chi connectivity index (χ3n) is 3.32. The summed E-state index contributed by atoms with van der Waals surface area (Å²) in [7, 11) is 0. The van der Waals surface area contributed by atoms with E-state index in [0.29, 0.717) is 31.2 Å². The van der Waals surface area contributed by atoms with Crippen LogP contribution in [0.5, 0.6) is 5.75 Å². The van der Waals surface area contributed by atoms with Crippen molar-refractivity contribution in [2.45, 2.75) is 44.8 Å². The fourth-order valence-corrected chi connectivity index (χ4v) is 2.57. The lowest BCUT2D eigenvalue weighted by molar-refractivity contribution is 0.298. The third kappa shape index (κ3) is 5.85. The monoisotopic (exact) mass is 313 g/mol. The molecule has 1 aliphatic carbocycles. The van der Waals surface area contributed by atoms with Crippen molar-refractivity contribution in [1.82, 2.24) is 4.72 Å². The number of ether oxygens (including phenoxy) is 1. The van der Waals surface area contributed by atoms with Gasteiger partial charge in [-0.1, -0.05) is 0 Å². The van der Waals surface area contributed by atoms with E-state index in [-0.39, 0.29) is 10.6 Å². The van der Waals surface area contributed by atoms with Crippen LogP contribution in [0.3, 0.4) is 0 Å². The van der Waals surface area contributed by atoms with Crippen LogP contribution in [0, 0.1) is 11.7 Å². The molecule has 1 fully saturated rings. The van der Waals surface area contributed by atoms with Crippen LogP contribution < -0.4 is 9.46 Å². The van der Waals surface area contributed by atoms with Gasteiger partial charge in [-0.05, 0) is 63.6 Å². The molecule has 0 heterocycles. The van der Waals surface area contributed by atoms with Gasteiger partial charge in [-0.15, -0.1) is 4.72 Å². The molecule has 1 aliphatic rings. The average molecular weight is 313 g/mol. The molecule has 0 aromatic heterocycles. The zero-order valence-corrected chi connectivity index (χ0v) is 13.8. The molecule has 1 saturated carbocycles. The van der Waals surface area contributed by atoms with Crippen LogP contribution in [0.2, 0.25) is 0 Å². The van der Waals surface area contributed by atoms with Gasteiger partial charge in [0.15, 0.2) is 0 Å². The lowest BCUT2D eigenvalue weighted by Gasteiger charge is -2.23. The van der Waals surface area contributed by atoms with Crippen LogP contribution in [-0.2, 0) is 17.8 Å². The zero-order valence-electron chi connectivity index (χ0n) is 12.9. The largest absolute Gasteiger partial charge is 0.598 e. The molecule has 0 amide bonds. The van der Waals surface area contributed by atoms with Crippen molar-refractivity contribution in [3.63, 3.8) is 0 Å². The number of hydrogen-bond donors (Lipinski definition) is 1. The Morgan fingerprint density at radius 1 is 1.33 bits per heavy atom. The zero-order chi connectivity index (χ0) is 15.5. The number of rotatable bonds is 7. The molecule has 2 rings (SSSR count). The smallest absolute Gasteiger partial charge is 0.136 e. The molecule has 1 atom stereocenters. The molecular weight excluding hydrogens is 289 g/mol. The first-order valence-electron chi connectivity index (χ1n) is 7.42. The van der Waals surface area contributed by atoms with E-state index < -0.39 is 11.4 Å². The topological polar surface area (TPSA) is 44.3 Å². The van der Waals surface area contributed by atoms with Gasteiger partial charge in [0.05, 0.1) is 6.61 Å². The van der Waals surface area contributed by atoms with Crippen LogP contribution in [0.1, 0.15) is 39.2 Å². The molecular formula is C16H24FNO2S. The molecule has 1 aromatic carbocycles. The first-order chi connectivity index (χ1) is 9.84. The van der Waals surface area contributed by atoms with Crippen LogP contribution >= 0.6 is 0 Å². The highest BCUT2D eigenvalue weighted by Crippen LogP contribution is 2.30. The maximum Gasteiger partial charge on any atom is 0.136 e. The third-order valence-corrected chi connectivity index (χ3v) is 4.90. The van der Waals surface area contributed by atoms with Gasteiger partial charge in [0.25, 0.3) is 0 Å². The van der Waals surface area contributed by atoms with Gasteiger partial charge in [-0.2, -0.15) is 0 Å². The number of hydrogen-bond acceptors (Lipinski definition) is 3. The molecule has 21 heavy (non-hydrogen) atoms. The van der Waals surface area contributed by atoms with Gasteiger partial charge in [-0.25, -0.2) is 4.39 Å². The minimum atomic E-state index is -1.10. The van der Waals surface area contributed by atoms with Crippen molar-refractivity contribution in [1.29, 1.82) is 0 Å². The van der Waals surface area contributed by atoms with Crippen molar-refractivity contribution in [3.05, 3.63) is 29.6 Å². The molecule has 0 unspecified atom stereocenters. The molecule has 0 spiro atoms. The SMILES string of the molecule is CC(C)(C)[S@+]([O-])NCCc1cc(F)cc(OCC2CC2)c1. The van der Waals surface area contributed by atoms with Crippen LogP contribution in [0.25, 0.3) is 0 Å². The highest BCUT2D eigenvalue weighted by Gasteiger charge is 2.25. The molecule has 118 valence electrons. The van der Waals surface area contributed by atoms with E-state index in [1.165, 1.54) is 25.0 Å². The average Bonchev–Trinajstić information content (AvgIpc) is 3.18. The molecule has 5 heteroatoms. The summed E-state index contributed by atoms with van der Waals surface area (Å²) in [4.78, 5) is 0. The molecule has 3 nitrogen and oxygen atoms in total. The quantitative estimate of drug-likeness (QED) is 0.786. The number of benzene rings is 1. The highest BCUT2D eigenvalue weighted by atomic mass is 32.2. The Kier molecular flexibility index (Phi) is 5.52. The summed E-state index contributed by atoms with van der Waals surface area (Å²) in [5.74, 6) is 0.955. The van der Waals surface area contributed by atoms with E-state index in [1.807, 2.05) is 26.8 Å². The fourth-order valence-electron chi connectivity index (χ4n) is 1.85. The van der Waals surface area contributed by atoms with Crippen molar-refractivity contribution in [2.75, 3.05) is 13.2 Å². The predicted octanol–water partition coefficient (Wildman–Crippen LogP) is 3.21. The van der Waals surface area contributed by atoms with Gasteiger partial charge in [0, 0.05) is 24.0 Å². The normalized spacial score (nSPS) is 16.8. The molecule has 0 bridgehead atoms. The van der Waals surface area contributed by atoms with Gasteiger partial charge in [-0.3, -0.25) is 0 Å². The summed E-state index contributed by atoms with van der Waals surface area (Å²) < 4.78 is 33.8. The van der Waals surface area contributed by atoms with Gasteiger partial charge >= 0.3 is 0 Å². The minimum absolute atomic E-state index is 0.282. The van der Waals surface area contributed by atoms with Crippen molar-refractivity contribution in [2.24, 2.45) is 5.92 Å². The second kappa shape index (κ2) is 6.99. The first kappa shape index (κ1) is 16.6. The van der Waals surface area contributed by atoms with E-state index in [0.717, 1.165) is 5.56 Å². The minimum Gasteiger partial charge on any atom is -0.598 e. The molecule has 1 N–H and O–H groups in total. The van der Waals surface area contributed by atoms with E-state index in [1.54, 1.807) is 0 Å². The Morgan fingerprint density at radius 3 is 2.67 bits per heavy atom. The molecule has 1 aromatic rings. The summed E-state index contributed by atoms with van der Waals surface area (Å²) >= 11 is -1.10. The lowest BCUT2D eigenvalue weighted by Crippen LogP contribution is -2.40. The molecule has 0 saturated heterocycles. The van der Waals surface area contributed by atoms with Gasteiger partial charge in [0.2, 0.25) is 0 Å². The van der Waals surface area contributed by atoms with Crippen LogP contribution in [0.4, 0.5) is 4.39 Å². The Labute approximate surface area is 129 Å². The Hall–Kier alpha value is -0.780. The summed E-state index contributed by atoms with van der Waals surface area (Å²) in [5, 5.41) is 0. The fraction of sp³-hybridized carbons (Fsp3) is 0.625. The van der Waals surface area contributed by atoms with Crippen molar-refractivity contribution < 1.29 is 13.7 Å². The van der Waals surface area contributed by atoms with Crippen LogP contribution in [0.15, 0.2) is 18.2 Å². The van der Waals surface area contributed by atoms with Gasteiger partial charge < -0.3 is 9.29 Å². The maximum absolute atomic E-state index is 13.6. The van der Waals surface area contributed by atoms with Crippen molar-refractivity contribution >= 4 is 11.4 Å². The second-order valence-electron chi connectivity index (χ2n) is 6.57. The maximum atomic E-state index is 13.6. The number of nitrogens with one attached hydrogen (secondary N) is 1. The van der Waals surface area contributed by atoms with E-state index in [4.69, 9.17) is 4.74 Å². The predicted molar refractivity (Wildman–Crippen MR) is 84.2 cm³/mol. The standard InChI is InChI=1S/C16H24FNO2S/c1-16(2,3)21(19)18-7-6-13-8-14(17)10-15(9-13)20-11-12-4-5-12/h8-10,12,18H,4-7,11H2,1-3H3/t21-/m0/s1. The molecule has 0 radical (unpaired) electrons. The van der Waals surface area contributed by atoms with E-state index >= 15 is 0 Å². The summed E-state index contributed by atoms with van der Waals surface area (Å²) in [6.07, 6.45) is 3.05.